The van der Waals surface area contributed by atoms with E-state index in [1.54, 1.807) is 0 Å². The lowest BCUT2D eigenvalue weighted by atomic mass is 10.2. The van der Waals surface area contributed by atoms with E-state index in [9.17, 15) is 0 Å². The first-order chi connectivity index (χ1) is 8.54. The van der Waals surface area contributed by atoms with Crippen molar-refractivity contribution in [2.45, 2.75) is 40.5 Å². The van der Waals surface area contributed by atoms with Gasteiger partial charge in [0.1, 0.15) is 11.5 Å². The van der Waals surface area contributed by atoms with E-state index in [1.165, 1.54) is 0 Å². The molecule has 5 nitrogen and oxygen atoms in total. The number of hydrogen-bond donors (Lipinski definition) is 2. The van der Waals surface area contributed by atoms with Crippen molar-refractivity contribution >= 4 is 11.5 Å². The molecule has 0 amide bonds. The zero-order chi connectivity index (χ0) is 13.5. The number of aromatic nitrogens is 2. The second-order valence-electron chi connectivity index (χ2n) is 4.82. The molecule has 0 saturated carbocycles. The number of nitrogens with two attached hydrogens (primary N) is 1. The summed E-state index contributed by atoms with van der Waals surface area (Å²) >= 11 is 0. The summed E-state index contributed by atoms with van der Waals surface area (Å²) < 4.78 is 5.59. The van der Waals surface area contributed by atoms with Gasteiger partial charge in [-0.15, -0.1) is 0 Å². The van der Waals surface area contributed by atoms with Crippen LogP contribution < -0.4 is 15.8 Å². The van der Waals surface area contributed by atoms with Crippen LogP contribution in [0.5, 0.6) is 5.88 Å². The second-order valence-corrected chi connectivity index (χ2v) is 4.82. The van der Waals surface area contributed by atoms with Crippen LogP contribution in [-0.4, -0.2) is 23.1 Å². The Labute approximate surface area is 109 Å². The van der Waals surface area contributed by atoms with Gasteiger partial charge in [0.2, 0.25) is 5.88 Å². The average Bonchev–Trinajstić information content (AvgIpc) is 2.31. The zero-order valence-corrected chi connectivity index (χ0v) is 11.8. The van der Waals surface area contributed by atoms with Gasteiger partial charge in [-0.05, 0) is 19.3 Å². The lowest BCUT2D eigenvalue weighted by Gasteiger charge is -2.14. The highest BCUT2D eigenvalue weighted by molar-refractivity contribution is 5.66. The van der Waals surface area contributed by atoms with Gasteiger partial charge in [0.05, 0.1) is 6.61 Å². The molecule has 1 rings (SSSR count). The third kappa shape index (κ3) is 4.39. The van der Waals surface area contributed by atoms with Gasteiger partial charge in [0.25, 0.3) is 0 Å². The van der Waals surface area contributed by atoms with Crippen molar-refractivity contribution in [2.24, 2.45) is 5.92 Å². The van der Waals surface area contributed by atoms with Gasteiger partial charge < -0.3 is 15.8 Å². The number of rotatable bonds is 7. The maximum absolute atomic E-state index is 6.01. The van der Waals surface area contributed by atoms with Crippen molar-refractivity contribution in [3.05, 3.63) is 5.82 Å². The molecule has 0 aromatic carbocycles. The Morgan fingerprint density at radius 1 is 1.33 bits per heavy atom. The number of nitrogens with one attached hydrogen (secondary N) is 1. The van der Waals surface area contributed by atoms with Crippen molar-refractivity contribution in [1.29, 1.82) is 0 Å². The summed E-state index contributed by atoms with van der Waals surface area (Å²) in [6.45, 7) is 9.70. The van der Waals surface area contributed by atoms with Crippen LogP contribution in [0.3, 0.4) is 0 Å². The molecule has 0 radical (unpaired) electrons. The summed E-state index contributed by atoms with van der Waals surface area (Å²) in [5, 5.41) is 3.23. The summed E-state index contributed by atoms with van der Waals surface area (Å²) in [5.41, 5.74) is 6.51. The minimum Gasteiger partial charge on any atom is -0.476 e. The quantitative estimate of drug-likeness (QED) is 0.730. The number of hydrogen-bond acceptors (Lipinski definition) is 5. The molecular formula is C13H24N4O. The average molecular weight is 252 g/mol. The SMILES string of the molecule is CCCCOc1nc(C)nc(NCC(C)C)c1N. The normalized spacial score (nSPS) is 10.7. The highest BCUT2D eigenvalue weighted by Crippen LogP contribution is 2.26. The van der Waals surface area contributed by atoms with E-state index in [4.69, 9.17) is 10.5 Å². The number of nitrogens with zero attached hydrogens (tertiary/aromatic N) is 2. The van der Waals surface area contributed by atoms with Crippen LogP contribution in [0.15, 0.2) is 0 Å². The predicted molar refractivity (Wildman–Crippen MR) is 74.9 cm³/mol. The maximum atomic E-state index is 6.01. The topological polar surface area (TPSA) is 73.1 Å². The molecule has 0 bridgehead atoms. The monoisotopic (exact) mass is 252 g/mol. The molecule has 102 valence electrons. The lowest BCUT2D eigenvalue weighted by molar-refractivity contribution is 0.298. The third-order valence-corrected chi connectivity index (χ3v) is 2.44. The van der Waals surface area contributed by atoms with Crippen LogP contribution in [0.2, 0.25) is 0 Å². The Morgan fingerprint density at radius 3 is 2.67 bits per heavy atom. The van der Waals surface area contributed by atoms with Gasteiger partial charge in [-0.3, -0.25) is 0 Å². The van der Waals surface area contributed by atoms with Crippen LogP contribution in [0.4, 0.5) is 11.5 Å². The Hall–Kier alpha value is -1.52. The number of ether oxygens (including phenoxy) is 1. The van der Waals surface area contributed by atoms with E-state index in [-0.39, 0.29) is 0 Å². The number of unbranched alkanes of at least 4 members (excludes halogenated alkanes) is 1. The van der Waals surface area contributed by atoms with E-state index < -0.39 is 0 Å². The molecular weight excluding hydrogens is 228 g/mol. The van der Waals surface area contributed by atoms with Crippen LogP contribution in [0.1, 0.15) is 39.4 Å². The van der Waals surface area contributed by atoms with E-state index in [0.717, 1.165) is 19.4 Å². The number of nitrogen functional groups attached to an aromatic ring is 1. The maximum Gasteiger partial charge on any atom is 0.242 e. The number of anilines is 2. The Balaban J connectivity index is 2.78. The molecule has 0 aliphatic carbocycles. The second kappa shape index (κ2) is 7.03. The Morgan fingerprint density at radius 2 is 2.06 bits per heavy atom. The van der Waals surface area contributed by atoms with Gasteiger partial charge in [0, 0.05) is 6.54 Å². The zero-order valence-electron chi connectivity index (χ0n) is 11.8. The molecule has 3 N–H and O–H groups in total. The largest absolute Gasteiger partial charge is 0.476 e. The smallest absolute Gasteiger partial charge is 0.242 e. The van der Waals surface area contributed by atoms with E-state index >= 15 is 0 Å². The fourth-order valence-electron chi connectivity index (χ4n) is 1.41. The molecule has 0 fully saturated rings. The standard InChI is InChI=1S/C13H24N4O/c1-5-6-7-18-13-11(14)12(15-8-9(2)3)16-10(4)17-13/h9H,5-8,14H2,1-4H3,(H,15,16,17). The van der Waals surface area contributed by atoms with Crippen molar-refractivity contribution in [3.8, 4) is 5.88 Å². The third-order valence-electron chi connectivity index (χ3n) is 2.44. The first-order valence-corrected chi connectivity index (χ1v) is 6.55. The summed E-state index contributed by atoms with van der Waals surface area (Å²) in [4.78, 5) is 8.54. The van der Waals surface area contributed by atoms with E-state index in [0.29, 0.717) is 35.7 Å². The lowest BCUT2D eigenvalue weighted by Crippen LogP contribution is -2.13. The molecule has 1 aromatic rings. The van der Waals surface area contributed by atoms with Crippen molar-refractivity contribution < 1.29 is 4.74 Å². The van der Waals surface area contributed by atoms with Gasteiger partial charge in [-0.1, -0.05) is 27.2 Å². The molecule has 0 unspecified atom stereocenters. The minimum atomic E-state index is 0.488. The first kappa shape index (κ1) is 14.5. The fraction of sp³-hybridized carbons (Fsp3) is 0.692. The molecule has 0 spiro atoms. The molecule has 1 heterocycles. The molecule has 5 heteroatoms. The van der Waals surface area contributed by atoms with Gasteiger partial charge in [0.15, 0.2) is 5.82 Å². The van der Waals surface area contributed by atoms with Crippen molar-refractivity contribution in [3.63, 3.8) is 0 Å². The van der Waals surface area contributed by atoms with E-state index in [1.807, 2.05) is 6.92 Å². The van der Waals surface area contributed by atoms with Crippen molar-refractivity contribution in [2.75, 3.05) is 24.2 Å². The molecule has 0 aliphatic heterocycles. The number of aryl methyl sites for hydroxylation is 1. The molecule has 0 saturated heterocycles. The van der Waals surface area contributed by atoms with Crippen LogP contribution >= 0.6 is 0 Å². The Bertz CT molecular complexity index is 379. The van der Waals surface area contributed by atoms with Crippen LogP contribution in [-0.2, 0) is 0 Å². The summed E-state index contributed by atoms with van der Waals surface area (Å²) in [5.74, 6) is 2.36. The van der Waals surface area contributed by atoms with Gasteiger partial charge >= 0.3 is 0 Å². The van der Waals surface area contributed by atoms with Crippen LogP contribution in [0, 0.1) is 12.8 Å². The molecule has 1 aromatic heterocycles. The minimum absolute atomic E-state index is 0.488. The predicted octanol–water partition coefficient (Wildman–Crippen LogP) is 2.61. The van der Waals surface area contributed by atoms with Gasteiger partial charge in [-0.2, -0.15) is 4.98 Å². The Kier molecular flexibility index (Phi) is 5.68. The van der Waals surface area contributed by atoms with Crippen molar-refractivity contribution in [1.82, 2.24) is 9.97 Å². The molecule has 18 heavy (non-hydrogen) atoms. The van der Waals surface area contributed by atoms with Gasteiger partial charge in [-0.25, -0.2) is 4.98 Å². The van der Waals surface area contributed by atoms with E-state index in [2.05, 4.69) is 36.1 Å². The molecule has 0 atom stereocenters. The first-order valence-electron chi connectivity index (χ1n) is 6.55. The van der Waals surface area contributed by atoms with Crippen LogP contribution in [0.25, 0.3) is 0 Å². The summed E-state index contributed by atoms with van der Waals surface area (Å²) in [6, 6.07) is 0. The highest BCUT2D eigenvalue weighted by Gasteiger charge is 2.11. The fourth-order valence-corrected chi connectivity index (χ4v) is 1.41. The molecule has 0 aliphatic rings. The highest BCUT2D eigenvalue weighted by atomic mass is 16.5. The summed E-state index contributed by atoms with van der Waals surface area (Å²) in [7, 11) is 0. The summed E-state index contributed by atoms with van der Waals surface area (Å²) in [6.07, 6.45) is 2.08.